The van der Waals surface area contributed by atoms with Crippen LogP contribution >= 0.6 is 11.8 Å². The van der Waals surface area contributed by atoms with E-state index in [4.69, 9.17) is 4.74 Å². The number of ketones is 1. The van der Waals surface area contributed by atoms with E-state index in [2.05, 4.69) is 19.1 Å². The molecule has 0 saturated heterocycles. The summed E-state index contributed by atoms with van der Waals surface area (Å²) in [5.74, 6) is 0.652. The fraction of sp³-hybridized carbons (Fsp3) is 0.188. The summed E-state index contributed by atoms with van der Waals surface area (Å²) in [5.41, 5.74) is 1.85. The number of hydrogen-bond acceptors (Lipinski definition) is 3. The van der Waals surface area contributed by atoms with Gasteiger partial charge in [0.15, 0.2) is 5.78 Å². The number of aryl methyl sites for hydroxylation is 1. The van der Waals surface area contributed by atoms with Crippen LogP contribution in [0.2, 0.25) is 0 Å². The van der Waals surface area contributed by atoms with E-state index in [0.29, 0.717) is 11.3 Å². The number of Topliss-reactive ketones (excluding diaryl/α,β-unsaturated/α-hetero) is 1. The van der Waals surface area contributed by atoms with Gasteiger partial charge in [0, 0.05) is 9.79 Å². The molecule has 0 aliphatic rings. The van der Waals surface area contributed by atoms with E-state index in [-0.39, 0.29) is 5.78 Å². The maximum Gasteiger partial charge on any atom is 0.164 e. The van der Waals surface area contributed by atoms with Crippen LogP contribution < -0.4 is 4.74 Å². The first-order chi connectivity index (χ1) is 9.13. The van der Waals surface area contributed by atoms with Crippen molar-refractivity contribution in [1.29, 1.82) is 0 Å². The van der Waals surface area contributed by atoms with Crippen LogP contribution in [0.25, 0.3) is 0 Å². The molecule has 0 bridgehead atoms. The summed E-state index contributed by atoms with van der Waals surface area (Å²) in [6, 6.07) is 13.8. The molecular weight excluding hydrogens is 256 g/mol. The first kappa shape index (κ1) is 13.7. The van der Waals surface area contributed by atoms with Crippen molar-refractivity contribution in [2.75, 3.05) is 7.11 Å². The zero-order valence-corrected chi connectivity index (χ0v) is 12.1. The molecule has 3 heteroatoms. The third-order valence-corrected chi connectivity index (χ3v) is 4.11. The van der Waals surface area contributed by atoms with Crippen LogP contribution in [-0.2, 0) is 0 Å². The van der Waals surface area contributed by atoms with Gasteiger partial charge in [-0.15, -0.1) is 0 Å². The second kappa shape index (κ2) is 5.93. The van der Waals surface area contributed by atoms with Crippen molar-refractivity contribution in [3.8, 4) is 5.75 Å². The Morgan fingerprint density at radius 1 is 1.05 bits per heavy atom. The van der Waals surface area contributed by atoms with Crippen LogP contribution in [0.1, 0.15) is 22.8 Å². The molecule has 0 fully saturated rings. The van der Waals surface area contributed by atoms with Crippen molar-refractivity contribution in [1.82, 2.24) is 0 Å². The number of carbonyl (C=O) groups excluding carboxylic acids is 1. The van der Waals surface area contributed by atoms with E-state index in [1.54, 1.807) is 25.8 Å². The number of rotatable bonds is 4. The molecule has 0 aliphatic heterocycles. The van der Waals surface area contributed by atoms with Crippen LogP contribution in [-0.4, -0.2) is 12.9 Å². The molecule has 0 spiro atoms. The third-order valence-electron chi connectivity index (χ3n) is 2.87. The number of methoxy groups -OCH3 is 1. The highest BCUT2D eigenvalue weighted by molar-refractivity contribution is 7.99. The quantitative estimate of drug-likeness (QED) is 0.774. The Morgan fingerprint density at radius 2 is 1.74 bits per heavy atom. The Kier molecular flexibility index (Phi) is 4.27. The van der Waals surface area contributed by atoms with Gasteiger partial charge in [-0.1, -0.05) is 36.0 Å². The van der Waals surface area contributed by atoms with Gasteiger partial charge < -0.3 is 4.74 Å². The standard InChI is InChI=1S/C16H16O2S/c1-11-7-4-5-9-14(11)19-15-10-6-8-13(18-3)16(15)12(2)17/h4-10H,1-3H3. The molecule has 98 valence electrons. The van der Waals surface area contributed by atoms with E-state index in [9.17, 15) is 4.79 Å². The monoisotopic (exact) mass is 272 g/mol. The van der Waals surface area contributed by atoms with Crippen molar-refractivity contribution in [2.45, 2.75) is 23.6 Å². The third kappa shape index (κ3) is 2.99. The predicted molar refractivity (Wildman–Crippen MR) is 78.3 cm³/mol. The van der Waals surface area contributed by atoms with E-state index >= 15 is 0 Å². The summed E-state index contributed by atoms with van der Waals surface area (Å²) in [4.78, 5) is 13.9. The molecule has 2 rings (SSSR count). The SMILES string of the molecule is COc1cccc(Sc2ccccc2C)c1C(C)=O. The second-order valence-electron chi connectivity index (χ2n) is 4.26. The van der Waals surface area contributed by atoms with Gasteiger partial charge in [0.05, 0.1) is 12.7 Å². The molecule has 0 atom stereocenters. The Labute approximate surface area is 117 Å². The molecule has 0 unspecified atom stereocenters. The Balaban J connectivity index is 2.46. The first-order valence-electron chi connectivity index (χ1n) is 6.05. The van der Waals surface area contributed by atoms with Gasteiger partial charge >= 0.3 is 0 Å². The Hall–Kier alpha value is -1.74. The summed E-state index contributed by atoms with van der Waals surface area (Å²) < 4.78 is 5.28. The molecule has 0 N–H and O–H groups in total. The average Bonchev–Trinajstić information content (AvgIpc) is 2.40. The van der Waals surface area contributed by atoms with E-state index in [0.717, 1.165) is 9.79 Å². The highest BCUT2D eigenvalue weighted by Gasteiger charge is 2.14. The van der Waals surface area contributed by atoms with Gasteiger partial charge in [-0.05, 0) is 37.6 Å². The maximum atomic E-state index is 11.8. The summed E-state index contributed by atoms with van der Waals surface area (Å²) in [6.45, 7) is 3.63. The van der Waals surface area contributed by atoms with Gasteiger partial charge in [-0.25, -0.2) is 0 Å². The molecule has 2 aromatic rings. The topological polar surface area (TPSA) is 26.3 Å². The normalized spacial score (nSPS) is 10.3. The zero-order chi connectivity index (χ0) is 13.8. The molecular formula is C16H16O2S. The fourth-order valence-corrected chi connectivity index (χ4v) is 3.01. The predicted octanol–water partition coefficient (Wildman–Crippen LogP) is 4.36. The van der Waals surface area contributed by atoms with Crippen molar-refractivity contribution < 1.29 is 9.53 Å². The summed E-state index contributed by atoms with van der Waals surface area (Å²) in [7, 11) is 1.59. The molecule has 0 saturated carbocycles. The number of carbonyl (C=O) groups is 1. The highest BCUT2D eigenvalue weighted by atomic mass is 32.2. The lowest BCUT2D eigenvalue weighted by Gasteiger charge is -2.12. The minimum atomic E-state index is 0.0218. The molecule has 2 aromatic carbocycles. The molecule has 2 nitrogen and oxygen atoms in total. The van der Waals surface area contributed by atoms with Gasteiger partial charge in [0.2, 0.25) is 0 Å². The largest absolute Gasteiger partial charge is 0.496 e. The number of hydrogen-bond donors (Lipinski definition) is 0. The molecule has 0 aliphatic carbocycles. The van der Waals surface area contributed by atoms with Gasteiger partial charge in [-0.2, -0.15) is 0 Å². The molecule has 0 radical (unpaired) electrons. The smallest absolute Gasteiger partial charge is 0.164 e. The minimum absolute atomic E-state index is 0.0218. The van der Waals surface area contributed by atoms with Crippen molar-refractivity contribution in [2.24, 2.45) is 0 Å². The summed E-state index contributed by atoms with van der Waals surface area (Å²) in [6.07, 6.45) is 0. The maximum absolute atomic E-state index is 11.8. The highest BCUT2D eigenvalue weighted by Crippen LogP contribution is 2.36. The van der Waals surface area contributed by atoms with Gasteiger partial charge in [0.25, 0.3) is 0 Å². The molecule has 0 heterocycles. The minimum Gasteiger partial charge on any atom is -0.496 e. The van der Waals surface area contributed by atoms with Crippen molar-refractivity contribution in [3.05, 3.63) is 53.6 Å². The van der Waals surface area contributed by atoms with E-state index < -0.39 is 0 Å². The first-order valence-corrected chi connectivity index (χ1v) is 6.86. The van der Waals surface area contributed by atoms with Crippen LogP contribution in [0.3, 0.4) is 0 Å². The Morgan fingerprint density at radius 3 is 2.37 bits per heavy atom. The number of benzene rings is 2. The van der Waals surface area contributed by atoms with E-state index in [1.807, 2.05) is 30.3 Å². The van der Waals surface area contributed by atoms with Crippen molar-refractivity contribution in [3.63, 3.8) is 0 Å². The fourth-order valence-electron chi connectivity index (χ4n) is 1.90. The van der Waals surface area contributed by atoms with Crippen LogP contribution in [0, 0.1) is 6.92 Å². The van der Waals surface area contributed by atoms with Crippen molar-refractivity contribution >= 4 is 17.5 Å². The number of ether oxygens (including phenoxy) is 1. The van der Waals surface area contributed by atoms with Crippen LogP contribution in [0.4, 0.5) is 0 Å². The summed E-state index contributed by atoms with van der Waals surface area (Å²) in [5, 5.41) is 0. The lowest BCUT2D eigenvalue weighted by Crippen LogP contribution is -1.99. The lowest BCUT2D eigenvalue weighted by molar-refractivity contribution is 0.101. The lowest BCUT2D eigenvalue weighted by atomic mass is 10.1. The zero-order valence-electron chi connectivity index (χ0n) is 11.3. The molecule has 0 amide bonds. The Bertz CT molecular complexity index is 605. The van der Waals surface area contributed by atoms with Crippen LogP contribution in [0.5, 0.6) is 5.75 Å². The summed E-state index contributed by atoms with van der Waals surface area (Å²) >= 11 is 1.60. The van der Waals surface area contributed by atoms with Gasteiger partial charge in [0.1, 0.15) is 5.75 Å². The average molecular weight is 272 g/mol. The van der Waals surface area contributed by atoms with Crippen LogP contribution in [0.15, 0.2) is 52.3 Å². The van der Waals surface area contributed by atoms with E-state index in [1.165, 1.54) is 5.56 Å². The molecule has 19 heavy (non-hydrogen) atoms. The second-order valence-corrected chi connectivity index (χ2v) is 5.34. The molecule has 0 aromatic heterocycles. The van der Waals surface area contributed by atoms with Gasteiger partial charge in [-0.3, -0.25) is 4.79 Å².